The minimum Gasteiger partial charge on any atom is -0.476 e. The molecule has 1 heterocycles. The van der Waals surface area contributed by atoms with Crippen molar-refractivity contribution in [1.29, 1.82) is 0 Å². The topological polar surface area (TPSA) is 82.3 Å². The number of aromatic nitrogens is 2. The molecule has 6 nitrogen and oxygen atoms in total. The molecule has 0 aliphatic rings. The summed E-state index contributed by atoms with van der Waals surface area (Å²) in [7, 11) is 1.60. The number of nitrogens with zero attached hydrogens (tertiary/aromatic N) is 2. The number of benzene rings is 1. The van der Waals surface area contributed by atoms with Gasteiger partial charge in [-0.05, 0) is 18.9 Å². The van der Waals surface area contributed by atoms with E-state index < -0.39 is 0 Å². The summed E-state index contributed by atoms with van der Waals surface area (Å²) in [6.45, 7) is 3.42. The first-order chi connectivity index (χ1) is 10.7. The van der Waals surface area contributed by atoms with E-state index in [0.29, 0.717) is 36.4 Å². The number of rotatable bonds is 8. The van der Waals surface area contributed by atoms with Crippen molar-refractivity contribution in [2.24, 2.45) is 0 Å². The average molecular weight is 302 g/mol. The number of methoxy groups -OCH3 is 1. The second kappa shape index (κ2) is 8.19. The third-order valence-electron chi connectivity index (χ3n) is 3.06. The first-order valence-electron chi connectivity index (χ1n) is 7.30. The molecule has 0 aliphatic heterocycles. The maximum Gasteiger partial charge on any atom is 0.242 e. The van der Waals surface area contributed by atoms with Crippen LogP contribution in [0.5, 0.6) is 5.88 Å². The Labute approximate surface area is 130 Å². The van der Waals surface area contributed by atoms with Crippen molar-refractivity contribution < 1.29 is 9.47 Å². The predicted molar refractivity (Wildman–Crippen MR) is 87.0 cm³/mol. The minimum atomic E-state index is 0.313. The molecular weight excluding hydrogens is 280 g/mol. The lowest BCUT2D eigenvalue weighted by molar-refractivity contribution is 0.176. The molecule has 0 fully saturated rings. The molecule has 0 bridgehead atoms. The molecule has 2 rings (SSSR count). The average Bonchev–Trinajstić information content (AvgIpc) is 2.53. The highest BCUT2D eigenvalue weighted by molar-refractivity contribution is 5.66. The van der Waals surface area contributed by atoms with Crippen molar-refractivity contribution in [2.45, 2.75) is 20.0 Å². The van der Waals surface area contributed by atoms with E-state index in [0.717, 1.165) is 13.0 Å². The van der Waals surface area contributed by atoms with Gasteiger partial charge in [-0.1, -0.05) is 30.3 Å². The minimum absolute atomic E-state index is 0.313. The summed E-state index contributed by atoms with van der Waals surface area (Å²) in [5.74, 6) is 1.52. The Kier molecular flexibility index (Phi) is 5.97. The Morgan fingerprint density at radius 3 is 2.64 bits per heavy atom. The van der Waals surface area contributed by atoms with E-state index in [9.17, 15) is 0 Å². The molecule has 2 aromatic rings. The summed E-state index contributed by atoms with van der Waals surface area (Å²) in [6.07, 6.45) is 0.883. The van der Waals surface area contributed by atoms with E-state index >= 15 is 0 Å². The number of anilines is 2. The van der Waals surface area contributed by atoms with Crippen LogP contribution in [0.1, 0.15) is 18.3 Å². The van der Waals surface area contributed by atoms with E-state index in [1.54, 1.807) is 7.11 Å². The van der Waals surface area contributed by atoms with Crippen LogP contribution in [0.2, 0.25) is 0 Å². The van der Waals surface area contributed by atoms with Gasteiger partial charge in [0, 0.05) is 13.7 Å². The third kappa shape index (κ3) is 4.33. The Bertz CT molecular complexity index is 590. The summed E-state index contributed by atoms with van der Waals surface area (Å²) in [5.41, 5.74) is 7.74. The summed E-state index contributed by atoms with van der Waals surface area (Å²) >= 11 is 0. The fourth-order valence-corrected chi connectivity index (χ4v) is 2.04. The van der Waals surface area contributed by atoms with Gasteiger partial charge < -0.3 is 20.5 Å². The highest BCUT2D eigenvalue weighted by Crippen LogP contribution is 2.26. The molecule has 0 unspecified atom stereocenters. The summed E-state index contributed by atoms with van der Waals surface area (Å²) in [6, 6.07) is 10.2. The van der Waals surface area contributed by atoms with Crippen LogP contribution in [0.25, 0.3) is 0 Å². The normalized spacial score (nSPS) is 10.5. The van der Waals surface area contributed by atoms with Crippen molar-refractivity contribution in [3.05, 3.63) is 41.7 Å². The lowest BCUT2D eigenvalue weighted by Crippen LogP contribution is -2.13. The second-order valence-corrected chi connectivity index (χ2v) is 4.74. The standard InChI is InChI=1S/C16H22N4O2/c1-3-22-16-14(17)15(19-13(20-16)11-21-2)18-10-9-12-7-5-4-6-8-12/h4-8H,3,9-11,17H2,1-2H3,(H,18,19,20). The van der Waals surface area contributed by atoms with Gasteiger partial charge in [0.2, 0.25) is 5.88 Å². The maximum atomic E-state index is 6.06. The first-order valence-corrected chi connectivity index (χ1v) is 7.30. The molecule has 0 atom stereocenters. The van der Waals surface area contributed by atoms with E-state index in [1.165, 1.54) is 5.56 Å². The molecule has 1 aromatic carbocycles. The van der Waals surface area contributed by atoms with Crippen molar-refractivity contribution in [2.75, 3.05) is 31.3 Å². The molecule has 3 N–H and O–H groups in total. The van der Waals surface area contributed by atoms with E-state index in [-0.39, 0.29) is 0 Å². The van der Waals surface area contributed by atoms with Crippen molar-refractivity contribution in [3.63, 3.8) is 0 Å². The molecule has 6 heteroatoms. The lowest BCUT2D eigenvalue weighted by Gasteiger charge is -2.13. The van der Waals surface area contributed by atoms with Crippen LogP contribution in [0.4, 0.5) is 11.5 Å². The van der Waals surface area contributed by atoms with Gasteiger partial charge >= 0.3 is 0 Å². The number of hydrogen-bond donors (Lipinski definition) is 2. The van der Waals surface area contributed by atoms with Gasteiger partial charge in [0.25, 0.3) is 0 Å². The zero-order valence-corrected chi connectivity index (χ0v) is 13.0. The van der Waals surface area contributed by atoms with Crippen molar-refractivity contribution in [1.82, 2.24) is 9.97 Å². The van der Waals surface area contributed by atoms with Crippen LogP contribution in [-0.4, -0.2) is 30.2 Å². The molecule has 0 amide bonds. The van der Waals surface area contributed by atoms with Crippen LogP contribution < -0.4 is 15.8 Å². The predicted octanol–water partition coefficient (Wildman–Crippen LogP) is 2.26. The Morgan fingerprint density at radius 2 is 1.95 bits per heavy atom. The molecule has 1 aromatic heterocycles. The van der Waals surface area contributed by atoms with Gasteiger partial charge in [0.15, 0.2) is 11.6 Å². The third-order valence-corrected chi connectivity index (χ3v) is 3.06. The van der Waals surface area contributed by atoms with Gasteiger partial charge in [-0.3, -0.25) is 0 Å². The van der Waals surface area contributed by atoms with Gasteiger partial charge in [-0.2, -0.15) is 4.98 Å². The highest BCUT2D eigenvalue weighted by atomic mass is 16.5. The number of nitrogens with two attached hydrogens (primary N) is 1. The first kappa shape index (κ1) is 16.0. The fraction of sp³-hybridized carbons (Fsp3) is 0.375. The van der Waals surface area contributed by atoms with Crippen LogP contribution >= 0.6 is 0 Å². The zero-order valence-electron chi connectivity index (χ0n) is 13.0. The van der Waals surface area contributed by atoms with Crippen LogP contribution in [0, 0.1) is 0 Å². The summed E-state index contributed by atoms with van der Waals surface area (Å²) < 4.78 is 10.5. The molecule has 0 spiro atoms. The lowest BCUT2D eigenvalue weighted by atomic mass is 10.1. The molecule has 0 saturated carbocycles. The van der Waals surface area contributed by atoms with E-state index in [4.69, 9.17) is 15.2 Å². The van der Waals surface area contributed by atoms with E-state index in [1.807, 2.05) is 25.1 Å². The smallest absolute Gasteiger partial charge is 0.242 e. The Hall–Kier alpha value is -2.34. The molecular formula is C16H22N4O2. The molecule has 0 radical (unpaired) electrons. The summed E-state index contributed by atoms with van der Waals surface area (Å²) in [5, 5.41) is 3.25. The molecule has 0 aliphatic carbocycles. The van der Waals surface area contributed by atoms with Crippen LogP contribution in [0.15, 0.2) is 30.3 Å². The quantitative estimate of drug-likeness (QED) is 0.778. The van der Waals surface area contributed by atoms with Gasteiger partial charge in [0.1, 0.15) is 12.3 Å². The second-order valence-electron chi connectivity index (χ2n) is 4.74. The van der Waals surface area contributed by atoms with Gasteiger partial charge in [-0.15, -0.1) is 0 Å². The van der Waals surface area contributed by atoms with Crippen LogP contribution in [0.3, 0.4) is 0 Å². The SMILES string of the molecule is CCOc1nc(COC)nc(NCCc2ccccc2)c1N. The van der Waals surface area contributed by atoms with Gasteiger partial charge in [-0.25, -0.2) is 4.98 Å². The van der Waals surface area contributed by atoms with Gasteiger partial charge in [0.05, 0.1) is 6.61 Å². The summed E-state index contributed by atoms with van der Waals surface area (Å²) in [4.78, 5) is 8.64. The number of nitrogen functional groups attached to an aromatic ring is 1. The largest absolute Gasteiger partial charge is 0.476 e. The van der Waals surface area contributed by atoms with E-state index in [2.05, 4.69) is 27.4 Å². The Balaban J connectivity index is 2.07. The number of hydrogen-bond acceptors (Lipinski definition) is 6. The number of ether oxygens (including phenoxy) is 2. The highest BCUT2D eigenvalue weighted by Gasteiger charge is 2.12. The monoisotopic (exact) mass is 302 g/mol. The van der Waals surface area contributed by atoms with Crippen molar-refractivity contribution >= 4 is 11.5 Å². The molecule has 0 saturated heterocycles. The molecule has 22 heavy (non-hydrogen) atoms. The maximum absolute atomic E-state index is 6.06. The fourth-order valence-electron chi connectivity index (χ4n) is 2.04. The zero-order chi connectivity index (χ0) is 15.8. The Morgan fingerprint density at radius 1 is 1.18 bits per heavy atom. The molecule has 118 valence electrons. The van der Waals surface area contributed by atoms with Crippen molar-refractivity contribution in [3.8, 4) is 5.88 Å². The number of nitrogens with one attached hydrogen (secondary N) is 1. The van der Waals surface area contributed by atoms with Crippen LogP contribution in [-0.2, 0) is 17.8 Å².